The first-order chi connectivity index (χ1) is 17.3. The van der Waals surface area contributed by atoms with Crippen molar-refractivity contribution < 1.29 is 9.47 Å². The number of nitrogens with zero attached hydrogens (tertiary/aromatic N) is 5. The first kappa shape index (κ1) is 24.8. The smallest absolute Gasteiger partial charge is 0.332 e. The zero-order chi connectivity index (χ0) is 26.0. The summed E-state index contributed by atoms with van der Waals surface area (Å²) in [5.41, 5.74) is 1.95. The molecular weight excluding hydrogens is 458 g/mol. The van der Waals surface area contributed by atoms with Crippen molar-refractivity contribution in [1.82, 2.24) is 18.7 Å². The van der Waals surface area contributed by atoms with Crippen molar-refractivity contribution in [3.05, 3.63) is 74.7 Å². The first-order valence-corrected chi connectivity index (χ1v) is 11.8. The minimum Gasteiger partial charge on any atom is -0.496 e. The summed E-state index contributed by atoms with van der Waals surface area (Å²) in [4.78, 5) is 32.3. The van der Waals surface area contributed by atoms with Crippen LogP contribution in [0.3, 0.4) is 0 Å². The molecule has 0 aliphatic carbocycles. The summed E-state index contributed by atoms with van der Waals surface area (Å²) in [5.74, 6) is 2.59. The second-order valence-electron chi connectivity index (χ2n) is 8.50. The van der Waals surface area contributed by atoms with Gasteiger partial charge < -0.3 is 18.9 Å². The SMILES string of the molecule is CCn1c(=O)c2c(nc(/C=C/c3cc(Oc4ccc(N(C)C)cc4)ccc3OC)n2C)n(CC)c1=O. The number of methoxy groups -OCH3 is 1. The number of hydrogen-bond acceptors (Lipinski definition) is 6. The van der Waals surface area contributed by atoms with E-state index in [-0.39, 0.29) is 11.2 Å². The zero-order valence-electron chi connectivity index (χ0n) is 21.5. The van der Waals surface area contributed by atoms with E-state index in [9.17, 15) is 9.59 Å². The highest BCUT2D eigenvalue weighted by atomic mass is 16.5. The summed E-state index contributed by atoms with van der Waals surface area (Å²) >= 11 is 0. The lowest BCUT2D eigenvalue weighted by Gasteiger charge is -2.13. The Morgan fingerprint density at radius 3 is 2.22 bits per heavy atom. The predicted octanol–water partition coefficient (Wildman–Crippen LogP) is 3.97. The van der Waals surface area contributed by atoms with E-state index in [4.69, 9.17) is 9.47 Å². The molecule has 0 amide bonds. The van der Waals surface area contributed by atoms with E-state index in [1.165, 1.54) is 9.13 Å². The van der Waals surface area contributed by atoms with Crippen LogP contribution in [0.15, 0.2) is 52.1 Å². The Kier molecular flexibility index (Phi) is 7.00. The zero-order valence-corrected chi connectivity index (χ0v) is 21.5. The Morgan fingerprint density at radius 1 is 0.944 bits per heavy atom. The van der Waals surface area contributed by atoms with Gasteiger partial charge in [-0.1, -0.05) is 0 Å². The molecule has 0 saturated heterocycles. The van der Waals surface area contributed by atoms with Crippen LogP contribution in [0, 0.1) is 0 Å². The van der Waals surface area contributed by atoms with Crippen LogP contribution in [0.5, 0.6) is 17.2 Å². The van der Waals surface area contributed by atoms with Gasteiger partial charge in [0.1, 0.15) is 23.1 Å². The second-order valence-corrected chi connectivity index (χ2v) is 8.50. The number of anilines is 1. The minimum atomic E-state index is -0.351. The lowest BCUT2D eigenvalue weighted by molar-refractivity contribution is 0.412. The van der Waals surface area contributed by atoms with Crippen molar-refractivity contribution in [3.63, 3.8) is 0 Å². The van der Waals surface area contributed by atoms with Crippen LogP contribution in [0.2, 0.25) is 0 Å². The second kappa shape index (κ2) is 10.2. The van der Waals surface area contributed by atoms with Crippen LogP contribution in [0.1, 0.15) is 25.2 Å². The van der Waals surface area contributed by atoms with Gasteiger partial charge in [0.25, 0.3) is 5.56 Å². The molecule has 0 spiro atoms. The average Bonchev–Trinajstić information content (AvgIpc) is 3.19. The molecule has 2 heterocycles. The quantitative estimate of drug-likeness (QED) is 0.372. The maximum atomic E-state index is 13.0. The molecule has 0 N–H and O–H groups in total. The monoisotopic (exact) mass is 489 g/mol. The summed E-state index contributed by atoms with van der Waals surface area (Å²) in [6, 6.07) is 13.4. The molecule has 0 atom stereocenters. The van der Waals surface area contributed by atoms with Crippen LogP contribution in [-0.2, 0) is 20.1 Å². The summed E-state index contributed by atoms with van der Waals surface area (Å²) < 4.78 is 16.1. The fraction of sp³-hybridized carbons (Fsp3) is 0.296. The summed E-state index contributed by atoms with van der Waals surface area (Å²) in [5, 5.41) is 0. The van der Waals surface area contributed by atoms with Crippen LogP contribution in [0.25, 0.3) is 23.3 Å². The van der Waals surface area contributed by atoms with Gasteiger partial charge in [0.15, 0.2) is 11.2 Å². The van der Waals surface area contributed by atoms with E-state index in [1.807, 2.05) is 74.5 Å². The Labute approximate surface area is 209 Å². The van der Waals surface area contributed by atoms with Crippen molar-refractivity contribution in [2.24, 2.45) is 7.05 Å². The summed E-state index contributed by atoms with van der Waals surface area (Å²) in [6.07, 6.45) is 3.66. The third kappa shape index (κ3) is 4.51. The van der Waals surface area contributed by atoms with Gasteiger partial charge in [-0.05, 0) is 68.5 Å². The Hall–Kier alpha value is -4.27. The van der Waals surface area contributed by atoms with E-state index in [2.05, 4.69) is 4.98 Å². The Bertz CT molecular complexity index is 1540. The molecule has 0 unspecified atom stereocenters. The number of hydrogen-bond donors (Lipinski definition) is 0. The van der Waals surface area contributed by atoms with Gasteiger partial charge in [0.2, 0.25) is 0 Å². The van der Waals surface area contributed by atoms with E-state index < -0.39 is 0 Å². The van der Waals surface area contributed by atoms with Gasteiger partial charge >= 0.3 is 5.69 Å². The number of aromatic nitrogens is 4. The fourth-order valence-electron chi connectivity index (χ4n) is 4.11. The summed E-state index contributed by atoms with van der Waals surface area (Å²) in [7, 11) is 7.36. The number of benzene rings is 2. The molecule has 36 heavy (non-hydrogen) atoms. The van der Waals surface area contributed by atoms with Gasteiger partial charge in [-0.2, -0.15) is 0 Å². The van der Waals surface area contributed by atoms with E-state index >= 15 is 0 Å². The van der Waals surface area contributed by atoms with Gasteiger partial charge in [0.05, 0.1) is 7.11 Å². The van der Waals surface area contributed by atoms with Crippen molar-refractivity contribution in [2.75, 3.05) is 26.1 Å². The molecular formula is C27H31N5O4. The maximum absolute atomic E-state index is 13.0. The highest BCUT2D eigenvalue weighted by Gasteiger charge is 2.18. The molecule has 0 saturated carbocycles. The largest absolute Gasteiger partial charge is 0.496 e. The molecule has 188 valence electrons. The van der Waals surface area contributed by atoms with E-state index in [1.54, 1.807) is 31.7 Å². The molecule has 2 aromatic heterocycles. The van der Waals surface area contributed by atoms with Crippen LogP contribution in [0.4, 0.5) is 5.69 Å². The third-order valence-corrected chi connectivity index (χ3v) is 6.11. The molecule has 0 aliphatic heterocycles. The van der Waals surface area contributed by atoms with Crippen molar-refractivity contribution in [2.45, 2.75) is 26.9 Å². The highest BCUT2D eigenvalue weighted by molar-refractivity contribution is 5.78. The van der Waals surface area contributed by atoms with Gasteiger partial charge in [-0.25, -0.2) is 9.78 Å². The molecule has 0 radical (unpaired) electrons. The average molecular weight is 490 g/mol. The van der Waals surface area contributed by atoms with Crippen LogP contribution < -0.4 is 25.6 Å². The summed E-state index contributed by atoms with van der Waals surface area (Å²) in [6.45, 7) is 4.36. The van der Waals surface area contributed by atoms with Crippen LogP contribution in [-0.4, -0.2) is 39.9 Å². The molecule has 0 fully saturated rings. The Balaban J connectivity index is 1.71. The first-order valence-electron chi connectivity index (χ1n) is 11.8. The lowest BCUT2D eigenvalue weighted by atomic mass is 10.1. The normalized spacial score (nSPS) is 11.4. The molecule has 9 heteroatoms. The lowest BCUT2D eigenvalue weighted by Crippen LogP contribution is -2.39. The van der Waals surface area contributed by atoms with Crippen molar-refractivity contribution in [3.8, 4) is 17.2 Å². The van der Waals surface area contributed by atoms with E-state index in [0.29, 0.717) is 41.6 Å². The number of rotatable bonds is 8. The van der Waals surface area contributed by atoms with Gasteiger partial charge in [-0.3, -0.25) is 13.9 Å². The molecule has 4 aromatic rings. The molecule has 9 nitrogen and oxygen atoms in total. The topological polar surface area (TPSA) is 83.5 Å². The third-order valence-electron chi connectivity index (χ3n) is 6.11. The fourth-order valence-corrected chi connectivity index (χ4v) is 4.11. The molecule has 0 aliphatic rings. The Morgan fingerprint density at radius 2 is 1.61 bits per heavy atom. The number of ether oxygens (including phenoxy) is 2. The maximum Gasteiger partial charge on any atom is 0.332 e. The molecule has 4 rings (SSSR count). The van der Waals surface area contributed by atoms with Gasteiger partial charge in [-0.15, -0.1) is 0 Å². The van der Waals surface area contributed by atoms with Crippen molar-refractivity contribution >= 4 is 29.0 Å². The number of aryl methyl sites for hydroxylation is 2. The van der Waals surface area contributed by atoms with Crippen molar-refractivity contribution in [1.29, 1.82) is 0 Å². The predicted molar refractivity (Wildman–Crippen MR) is 143 cm³/mol. The number of imidazole rings is 1. The van der Waals surface area contributed by atoms with Gasteiger partial charge in [0, 0.05) is 45.5 Å². The number of fused-ring (bicyclic) bond motifs is 1. The molecule has 0 bridgehead atoms. The highest BCUT2D eigenvalue weighted by Crippen LogP contribution is 2.30. The standard InChI is InChI=1S/C27H31N5O4/c1-7-31-25-24(26(33)32(8-2)27(31)34)30(5)23(28-25)16-9-18-17-21(14-15-22(18)35-6)36-20-12-10-19(11-13-20)29(3)4/h9-17H,7-8H2,1-6H3/b16-9+. The minimum absolute atomic E-state index is 0.297. The molecule has 2 aromatic carbocycles. The van der Waals surface area contributed by atoms with Crippen LogP contribution >= 0.6 is 0 Å². The van der Waals surface area contributed by atoms with E-state index in [0.717, 1.165) is 17.0 Å².